The van der Waals surface area contributed by atoms with E-state index in [1.807, 2.05) is 31.2 Å². The standard InChI is InChI=1S/C16H15NO3S2/c1-12-6-8-13(9-7-12)22(18,19)20-17-15-10-11-21-16-5-3-2-4-14(15)16/h2-9H,10-11H2,1H3/b17-15+. The van der Waals surface area contributed by atoms with Gasteiger partial charge in [-0.15, -0.1) is 11.8 Å². The lowest BCUT2D eigenvalue weighted by Crippen LogP contribution is -2.12. The molecule has 0 radical (unpaired) electrons. The van der Waals surface area contributed by atoms with Gasteiger partial charge in [-0.25, -0.2) is 0 Å². The molecule has 0 saturated carbocycles. The predicted molar refractivity (Wildman–Crippen MR) is 87.8 cm³/mol. The van der Waals surface area contributed by atoms with Crippen molar-refractivity contribution in [3.8, 4) is 0 Å². The molecule has 6 heteroatoms. The Morgan fingerprint density at radius 3 is 2.59 bits per heavy atom. The number of rotatable bonds is 3. The highest BCUT2D eigenvalue weighted by Crippen LogP contribution is 2.30. The summed E-state index contributed by atoms with van der Waals surface area (Å²) in [5, 5.41) is 3.91. The van der Waals surface area contributed by atoms with E-state index in [0.717, 1.165) is 21.8 Å². The number of thioether (sulfide) groups is 1. The minimum absolute atomic E-state index is 0.112. The molecule has 1 aliphatic rings. The van der Waals surface area contributed by atoms with Gasteiger partial charge in [-0.2, -0.15) is 8.42 Å². The smallest absolute Gasteiger partial charge is 0.264 e. The lowest BCUT2D eigenvalue weighted by Gasteiger charge is -2.16. The normalized spacial score (nSPS) is 16.3. The van der Waals surface area contributed by atoms with Crippen molar-refractivity contribution < 1.29 is 12.7 Å². The lowest BCUT2D eigenvalue weighted by atomic mass is 10.1. The SMILES string of the molecule is Cc1ccc(S(=O)(=O)O/N=C2\CCSc3ccccc32)cc1. The third-order valence-electron chi connectivity index (χ3n) is 3.35. The molecule has 0 spiro atoms. The van der Waals surface area contributed by atoms with Crippen molar-refractivity contribution in [1.29, 1.82) is 0 Å². The number of benzene rings is 2. The van der Waals surface area contributed by atoms with Gasteiger partial charge >= 0.3 is 10.1 Å². The van der Waals surface area contributed by atoms with Gasteiger partial charge in [0.1, 0.15) is 4.90 Å². The summed E-state index contributed by atoms with van der Waals surface area (Å²) in [5.74, 6) is 0.865. The summed E-state index contributed by atoms with van der Waals surface area (Å²) in [6.07, 6.45) is 0.686. The van der Waals surface area contributed by atoms with Crippen LogP contribution < -0.4 is 0 Å². The fourth-order valence-corrected chi connectivity index (χ4v) is 3.94. The molecule has 0 amide bonds. The first kappa shape index (κ1) is 15.1. The van der Waals surface area contributed by atoms with Crippen molar-refractivity contribution in [2.24, 2.45) is 5.16 Å². The Labute approximate surface area is 134 Å². The number of hydrogen-bond donors (Lipinski definition) is 0. The molecule has 0 fully saturated rings. The maximum absolute atomic E-state index is 12.2. The van der Waals surface area contributed by atoms with E-state index in [4.69, 9.17) is 4.28 Å². The van der Waals surface area contributed by atoms with Gasteiger partial charge < -0.3 is 0 Å². The second kappa shape index (κ2) is 6.14. The zero-order chi connectivity index (χ0) is 15.6. The molecule has 0 aliphatic carbocycles. The van der Waals surface area contributed by atoms with E-state index in [0.29, 0.717) is 12.1 Å². The van der Waals surface area contributed by atoms with Crippen molar-refractivity contribution in [2.45, 2.75) is 23.1 Å². The van der Waals surface area contributed by atoms with E-state index in [2.05, 4.69) is 5.16 Å². The largest absolute Gasteiger partial charge is 0.358 e. The van der Waals surface area contributed by atoms with E-state index in [-0.39, 0.29) is 4.90 Å². The number of nitrogens with zero attached hydrogens (tertiary/aromatic N) is 1. The van der Waals surface area contributed by atoms with Gasteiger partial charge in [0.05, 0.1) is 5.71 Å². The van der Waals surface area contributed by atoms with Crippen molar-refractivity contribution in [3.63, 3.8) is 0 Å². The van der Waals surface area contributed by atoms with Crippen LogP contribution in [0.3, 0.4) is 0 Å². The van der Waals surface area contributed by atoms with Crippen molar-refractivity contribution in [1.82, 2.24) is 0 Å². The van der Waals surface area contributed by atoms with Crippen LogP contribution in [0.5, 0.6) is 0 Å². The first-order valence-electron chi connectivity index (χ1n) is 6.86. The van der Waals surface area contributed by atoms with Gasteiger partial charge in [0.15, 0.2) is 0 Å². The van der Waals surface area contributed by atoms with Crippen molar-refractivity contribution in [2.75, 3.05) is 5.75 Å². The molecule has 0 saturated heterocycles. The molecule has 114 valence electrons. The molecule has 1 aliphatic heterocycles. The molecule has 3 rings (SSSR count). The van der Waals surface area contributed by atoms with Crippen LogP contribution >= 0.6 is 11.8 Å². The molecule has 22 heavy (non-hydrogen) atoms. The van der Waals surface area contributed by atoms with Crippen molar-refractivity contribution >= 4 is 27.6 Å². The van der Waals surface area contributed by atoms with E-state index >= 15 is 0 Å². The first-order valence-corrected chi connectivity index (χ1v) is 9.25. The fourth-order valence-electron chi connectivity index (χ4n) is 2.16. The van der Waals surface area contributed by atoms with Crippen molar-refractivity contribution in [3.05, 3.63) is 59.7 Å². The Morgan fingerprint density at radius 2 is 1.82 bits per heavy atom. The fraction of sp³-hybridized carbons (Fsp3) is 0.188. The van der Waals surface area contributed by atoms with E-state index in [9.17, 15) is 8.42 Å². The summed E-state index contributed by atoms with van der Waals surface area (Å²) in [5.41, 5.74) is 2.60. The van der Waals surface area contributed by atoms with Crippen LogP contribution in [0.2, 0.25) is 0 Å². The van der Waals surface area contributed by atoms with Crippen LogP contribution in [0, 0.1) is 6.92 Å². The molecule has 1 heterocycles. The molecule has 4 nitrogen and oxygen atoms in total. The second-order valence-corrected chi connectivity index (χ2v) is 7.64. The van der Waals surface area contributed by atoms with E-state index < -0.39 is 10.1 Å². The minimum atomic E-state index is -3.87. The predicted octanol–water partition coefficient (Wildman–Crippen LogP) is 3.60. The Bertz CT molecular complexity index is 812. The zero-order valence-electron chi connectivity index (χ0n) is 12.0. The third kappa shape index (κ3) is 3.18. The van der Waals surface area contributed by atoms with Crippen LogP contribution in [-0.2, 0) is 14.4 Å². The molecule has 2 aromatic carbocycles. The first-order chi connectivity index (χ1) is 10.6. The zero-order valence-corrected chi connectivity index (χ0v) is 13.7. The Kier molecular flexibility index (Phi) is 4.22. The van der Waals surface area contributed by atoms with Crippen LogP contribution in [-0.4, -0.2) is 19.9 Å². The molecule has 0 bridgehead atoms. The average Bonchev–Trinajstić information content (AvgIpc) is 2.53. The van der Waals surface area contributed by atoms with Crippen LogP contribution in [0.15, 0.2) is 63.5 Å². The Balaban J connectivity index is 1.87. The summed E-state index contributed by atoms with van der Waals surface area (Å²) in [6, 6.07) is 14.3. The van der Waals surface area contributed by atoms with E-state index in [1.165, 1.54) is 12.1 Å². The highest BCUT2D eigenvalue weighted by molar-refractivity contribution is 7.99. The topological polar surface area (TPSA) is 55.7 Å². The monoisotopic (exact) mass is 333 g/mol. The summed E-state index contributed by atoms with van der Waals surface area (Å²) in [7, 11) is -3.87. The molecule has 0 aromatic heterocycles. The molecule has 2 aromatic rings. The van der Waals surface area contributed by atoms with Crippen LogP contribution in [0.4, 0.5) is 0 Å². The van der Waals surface area contributed by atoms with Gasteiger partial charge in [-0.1, -0.05) is 41.1 Å². The number of hydrogen-bond acceptors (Lipinski definition) is 5. The van der Waals surface area contributed by atoms with Gasteiger partial charge in [-0.3, -0.25) is 4.28 Å². The number of aryl methyl sites for hydroxylation is 1. The maximum atomic E-state index is 12.2. The number of oxime groups is 1. The minimum Gasteiger partial charge on any atom is -0.264 e. The molecular weight excluding hydrogens is 318 g/mol. The molecule has 0 atom stereocenters. The van der Waals surface area contributed by atoms with Gasteiger partial charge in [-0.05, 0) is 25.1 Å². The summed E-state index contributed by atoms with van der Waals surface area (Å²) in [6.45, 7) is 1.90. The van der Waals surface area contributed by atoms with Crippen LogP contribution in [0.25, 0.3) is 0 Å². The summed E-state index contributed by atoms with van der Waals surface area (Å²) < 4.78 is 29.2. The van der Waals surface area contributed by atoms with Gasteiger partial charge in [0, 0.05) is 22.6 Å². The highest BCUT2D eigenvalue weighted by Gasteiger charge is 2.19. The Hall–Kier alpha value is -1.79. The average molecular weight is 333 g/mol. The molecule has 0 unspecified atom stereocenters. The van der Waals surface area contributed by atoms with Gasteiger partial charge in [0.25, 0.3) is 0 Å². The second-order valence-electron chi connectivity index (χ2n) is 4.97. The van der Waals surface area contributed by atoms with Gasteiger partial charge in [0.2, 0.25) is 0 Å². The summed E-state index contributed by atoms with van der Waals surface area (Å²) in [4.78, 5) is 1.21. The highest BCUT2D eigenvalue weighted by atomic mass is 32.2. The third-order valence-corrected chi connectivity index (χ3v) is 5.55. The summed E-state index contributed by atoms with van der Waals surface area (Å²) >= 11 is 1.74. The Morgan fingerprint density at radius 1 is 1.09 bits per heavy atom. The van der Waals surface area contributed by atoms with Crippen LogP contribution in [0.1, 0.15) is 17.5 Å². The molecule has 0 N–H and O–H groups in total. The quantitative estimate of drug-likeness (QED) is 0.805. The molecular formula is C16H15NO3S2. The number of fused-ring (bicyclic) bond motifs is 1. The maximum Gasteiger partial charge on any atom is 0.358 e. The lowest BCUT2D eigenvalue weighted by molar-refractivity contribution is 0.338. The van der Waals surface area contributed by atoms with E-state index in [1.54, 1.807) is 23.9 Å².